The lowest BCUT2D eigenvalue weighted by atomic mass is 10.0. The Labute approximate surface area is 113 Å². The Kier molecular flexibility index (Phi) is 6.34. The van der Waals surface area contributed by atoms with Gasteiger partial charge in [0.1, 0.15) is 0 Å². The third-order valence-corrected chi connectivity index (χ3v) is 4.05. The molecule has 17 heavy (non-hydrogen) atoms. The molecule has 2 atom stereocenters. The smallest absolute Gasteiger partial charge is 0.0568 e. The summed E-state index contributed by atoms with van der Waals surface area (Å²) in [4.78, 5) is 1.05. The number of nitrogens with two attached hydrogens (primary N) is 1. The molecule has 0 saturated carbocycles. The highest BCUT2D eigenvalue weighted by Crippen LogP contribution is 2.28. The van der Waals surface area contributed by atoms with Gasteiger partial charge in [0.15, 0.2) is 0 Å². The van der Waals surface area contributed by atoms with E-state index < -0.39 is 0 Å². The predicted octanol–water partition coefficient (Wildman–Crippen LogP) is 3.17. The lowest BCUT2D eigenvalue weighted by Crippen LogP contribution is -2.36. The van der Waals surface area contributed by atoms with Crippen LogP contribution in [0.25, 0.3) is 0 Å². The summed E-state index contributed by atoms with van der Waals surface area (Å²) in [5, 5.41) is 10.1. The number of aliphatic hydroxyl groups is 1. The van der Waals surface area contributed by atoms with Crippen LogP contribution in [-0.2, 0) is 0 Å². The van der Waals surface area contributed by atoms with Crippen LogP contribution in [0.4, 0.5) is 0 Å². The first-order chi connectivity index (χ1) is 8.02. The molecular formula is C13H20ClNOS. The first kappa shape index (κ1) is 14.8. The summed E-state index contributed by atoms with van der Waals surface area (Å²) in [6.07, 6.45) is 0.915. The molecule has 0 aliphatic rings. The van der Waals surface area contributed by atoms with E-state index in [2.05, 4.69) is 13.8 Å². The number of hydrogen-bond acceptors (Lipinski definition) is 3. The average Bonchev–Trinajstić information content (AvgIpc) is 2.24. The molecule has 0 aliphatic carbocycles. The highest BCUT2D eigenvalue weighted by Gasteiger charge is 2.19. The van der Waals surface area contributed by atoms with Gasteiger partial charge in [0.2, 0.25) is 0 Å². The summed E-state index contributed by atoms with van der Waals surface area (Å²) in [5.41, 5.74) is 6.10. The molecule has 0 bridgehead atoms. The second-order valence-electron chi connectivity index (χ2n) is 4.59. The van der Waals surface area contributed by atoms with Gasteiger partial charge in [-0.05, 0) is 30.5 Å². The Bertz CT molecular complexity index is 346. The van der Waals surface area contributed by atoms with Gasteiger partial charge in [0.25, 0.3) is 0 Å². The van der Waals surface area contributed by atoms with E-state index in [9.17, 15) is 5.11 Å². The molecule has 1 rings (SSSR count). The molecule has 0 heterocycles. The van der Waals surface area contributed by atoms with E-state index in [0.29, 0.717) is 10.9 Å². The van der Waals surface area contributed by atoms with Crippen molar-refractivity contribution in [2.45, 2.75) is 36.5 Å². The minimum absolute atomic E-state index is 0.00369. The number of hydrogen-bond donors (Lipinski definition) is 2. The standard InChI is InChI=1S/C13H20ClNOS/c1-9(2)6-12(15)13(8-16)17-11-5-3-4-10(14)7-11/h3-5,7,9,12-13,16H,6,8,15H2,1-2H3. The zero-order chi connectivity index (χ0) is 12.8. The van der Waals surface area contributed by atoms with Crippen LogP contribution in [-0.4, -0.2) is 23.0 Å². The Morgan fingerprint density at radius 1 is 1.41 bits per heavy atom. The molecule has 1 aromatic carbocycles. The summed E-state index contributed by atoms with van der Waals surface area (Å²) in [6, 6.07) is 7.64. The first-order valence-corrected chi connectivity index (χ1v) is 7.07. The normalized spacial score (nSPS) is 14.9. The number of benzene rings is 1. The molecule has 0 fully saturated rings. The van der Waals surface area contributed by atoms with Gasteiger partial charge in [0.05, 0.1) is 6.61 Å². The number of aliphatic hydroxyl groups excluding tert-OH is 1. The minimum Gasteiger partial charge on any atom is -0.395 e. The van der Waals surface area contributed by atoms with Crippen molar-refractivity contribution < 1.29 is 5.11 Å². The van der Waals surface area contributed by atoms with Crippen LogP contribution >= 0.6 is 23.4 Å². The SMILES string of the molecule is CC(C)CC(N)C(CO)Sc1cccc(Cl)c1. The van der Waals surface area contributed by atoms with Gasteiger partial charge in [-0.25, -0.2) is 0 Å². The third kappa shape index (κ3) is 5.30. The predicted molar refractivity (Wildman–Crippen MR) is 75.6 cm³/mol. The maximum absolute atomic E-state index is 9.41. The Morgan fingerprint density at radius 3 is 2.65 bits per heavy atom. The summed E-state index contributed by atoms with van der Waals surface area (Å²) < 4.78 is 0. The van der Waals surface area contributed by atoms with Crippen molar-refractivity contribution >= 4 is 23.4 Å². The number of halogens is 1. The average molecular weight is 274 g/mol. The Morgan fingerprint density at radius 2 is 2.12 bits per heavy atom. The van der Waals surface area contributed by atoms with E-state index in [0.717, 1.165) is 11.3 Å². The van der Waals surface area contributed by atoms with E-state index in [1.807, 2.05) is 24.3 Å². The topological polar surface area (TPSA) is 46.2 Å². The quantitative estimate of drug-likeness (QED) is 0.783. The van der Waals surface area contributed by atoms with Crippen LogP contribution in [0.15, 0.2) is 29.2 Å². The summed E-state index contributed by atoms with van der Waals surface area (Å²) >= 11 is 7.52. The van der Waals surface area contributed by atoms with Gasteiger partial charge < -0.3 is 10.8 Å². The van der Waals surface area contributed by atoms with Crippen LogP contribution in [0, 0.1) is 5.92 Å². The van der Waals surface area contributed by atoms with Gasteiger partial charge in [-0.3, -0.25) is 0 Å². The molecule has 0 aliphatic heterocycles. The van der Waals surface area contributed by atoms with E-state index in [4.69, 9.17) is 17.3 Å². The molecule has 0 saturated heterocycles. The molecular weight excluding hydrogens is 254 g/mol. The number of thioether (sulfide) groups is 1. The van der Waals surface area contributed by atoms with Crippen molar-refractivity contribution in [3.05, 3.63) is 29.3 Å². The molecule has 2 unspecified atom stereocenters. The van der Waals surface area contributed by atoms with Crippen LogP contribution in [0.2, 0.25) is 5.02 Å². The maximum atomic E-state index is 9.41. The van der Waals surface area contributed by atoms with Gasteiger partial charge in [-0.15, -0.1) is 11.8 Å². The van der Waals surface area contributed by atoms with E-state index in [1.54, 1.807) is 11.8 Å². The van der Waals surface area contributed by atoms with Crippen LogP contribution in [0.5, 0.6) is 0 Å². The van der Waals surface area contributed by atoms with Gasteiger partial charge >= 0.3 is 0 Å². The monoisotopic (exact) mass is 273 g/mol. The van der Waals surface area contributed by atoms with E-state index in [-0.39, 0.29) is 17.9 Å². The number of rotatable bonds is 6. The highest BCUT2D eigenvalue weighted by molar-refractivity contribution is 8.00. The second-order valence-corrected chi connectivity index (χ2v) is 6.34. The third-order valence-electron chi connectivity index (χ3n) is 2.48. The molecule has 0 spiro atoms. The van der Waals surface area contributed by atoms with E-state index >= 15 is 0 Å². The molecule has 0 aromatic heterocycles. The lowest BCUT2D eigenvalue weighted by molar-refractivity contribution is 0.275. The fraction of sp³-hybridized carbons (Fsp3) is 0.538. The minimum atomic E-state index is 0.00369. The first-order valence-electron chi connectivity index (χ1n) is 5.81. The summed E-state index contributed by atoms with van der Waals surface area (Å²) in [6.45, 7) is 4.36. The summed E-state index contributed by atoms with van der Waals surface area (Å²) in [5.74, 6) is 0.541. The molecule has 4 heteroatoms. The lowest BCUT2D eigenvalue weighted by Gasteiger charge is -2.23. The van der Waals surface area contributed by atoms with Crippen molar-refractivity contribution in [2.75, 3.05) is 6.61 Å². The van der Waals surface area contributed by atoms with E-state index in [1.165, 1.54) is 0 Å². The van der Waals surface area contributed by atoms with Crippen molar-refractivity contribution in [3.8, 4) is 0 Å². The van der Waals surface area contributed by atoms with Crippen molar-refractivity contribution in [1.82, 2.24) is 0 Å². The summed E-state index contributed by atoms with van der Waals surface area (Å²) in [7, 11) is 0. The zero-order valence-electron chi connectivity index (χ0n) is 10.3. The van der Waals surface area contributed by atoms with Crippen LogP contribution < -0.4 is 5.73 Å². The van der Waals surface area contributed by atoms with Crippen LogP contribution in [0.1, 0.15) is 20.3 Å². The molecule has 96 valence electrons. The highest BCUT2D eigenvalue weighted by atomic mass is 35.5. The molecule has 3 N–H and O–H groups in total. The van der Waals surface area contributed by atoms with Gasteiger partial charge in [-0.1, -0.05) is 31.5 Å². The molecule has 2 nitrogen and oxygen atoms in total. The fourth-order valence-corrected chi connectivity index (χ4v) is 2.99. The molecule has 0 amide bonds. The van der Waals surface area contributed by atoms with Gasteiger partial charge in [0, 0.05) is 21.2 Å². The van der Waals surface area contributed by atoms with Gasteiger partial charge in [-0.2, -0.15) is 0 Å². The van der Waals surface area contributed by atoms with Crippen molar-refractivity contribution in [2.24, 2.45) is 11.7 Å². The molecule has 0 radical (unpaired) electrons. The second kappa shape index (κ2) is 7.27. The largest absolute Gasteiger partial charge is 0.395 e. The molecule has 1 aromatic rings. The zero-order valence-corrected chi connectivity index (χ0v) is 11.8. The van der Waals surface area contributed by atoms with Crippen LogP contribution in [0.3, 0.4) is 0 Å². The van der Waals surface area contributed by atoms with Crippen molar-refractivity contribution in [1.29, 1.82) is 0 Å². The van der Waals surface area contributed by atoms with Crippen molar-refractivity contribution in [3.63, 3.8) is 0 Å². The Hall–Kier alpha value is -0.220. The maximum Gasteiger partial charge on any atom is 0.0568 e. The Balaban J connectivity index is 2.63. The fourth-order valence-electron chi connectivity index (χ4n) is 1.67.